The Bertz CT molecular complexity index is 99.2. The van der Waals surface area contributed by atoms with Crippen molar-refractivity contribution in [2.75, 3.05) is 6.61 Å². The monoisotopic (exact) mass is 145 g/mol. The van der Waals surface area contributed by atoms with Crippen molar-refractivity contribution in [1.29, 1.82) is 0 Å². The quantitative estimate of drug-likeness (QED) is 0.468. The molecule has 52 valence electrons. The normalized spacial score (nSPS) is 35.3. The van der Waals surface area contributed by atoms with E-state index in [2.05, 4.69) is 4.72 Å². The summed E-state index contributed by atoms with van der Waals surface area (Å²) in [5.74, 6) is 1.02. The molecule has 1 saturated heterocycles. The fraction of sp³-hybridized carbons (Fsp3) is 1.00. The molecule has 0 aromatic heterocycles. The number of hydrogen-bond acceptors (Lipinski definition) is 3. The van der Waals surface area contributed by atoms with Crippen LogP contribution in [0.15, 0.2) is 0 Å². The van der Waals surface area contributed by atoms with Crippen LogP contribution in [-0.4, -0.2) is 12.6 Å². The minimum Gasteiger partial charge on any atom is -0.300 e. The lowest BCUT2D eigenvalue weighted by Gasteiger charge is -2.02. The molecule has 3 heteroatoms. The molecule has 1 saturated carbocycles. The van der Waals surface area contributed by atoms with Gasteiger partial charge >= 0.3 is 0 Å². The maximum atomic E-state index is 5.09. The first kappa shape index (κ1) is 6.01. The van der Waals surface area contributed by atoms with Crippen molar-refractivity contribution in [3.8, 4) is 0 Å². The van der Waals surface area contributed by atoms with Crippen LogP contribution in [0.1, 0.15) is 19.3 Å². The van der Waals surface area contributed by atoms with E-state index < -0.39 is 0 Å². The molecule has 0 radical (unpaired) electrons. The van der Waals surface area contributed by atoms with Crippen molar-refractivity contribution < 1.29 is 4.18 Å². The standard InChI is InChI=1S/C6H11NOS/c1-2-5(1)3-6-4-8-9-7-6/h5-7H,1-4H2. The highest BCUT2D eigenvalue weighted by Crippen LogP contribution is 2.34. The number of nitrogens with one attached hydrogen (secondary N) is 1. The van der Waals surface area contributed by atoms with Crippen molar-refractivity contribution >= 4 is 12.2 Å². The molecule has 0 amide bonds. The zero-order valence-electron chi connectivity index (χ0n) is 5.30. The van der Waals surface area contributed by atoms with Crippen molar-refractivity contribution in [3.05, 3.63) is 0 Å². The molecule has 0 spiro atoms. The second-order valence-electron chi connectivity index (χ2n) is 2.86. The van der Waals surface area contributed by atoms with Gasteiger partial charge in [0.25, 0.3) is 0 Å². The van der Waals surface area contributed by atoms with Crippen LogP contribution in [-0.2, 0) is 4.18 Å². The Balaban J connectivity index is 1.70. The maximum absolute atomic E-state index is 5.09. The molecule has 2 fully saturated rings. The molecular formula is C6H11NOS. The summed E-state index contributed by atoms with van der Waals surface area (Å²) >= 11 is 1.40. The van der Waals surface area contributed by atoms with Crippen LogP contribution < -0.4 is 4.72 Å². The first-order valence-corrected chi connectivity index (χ1v) is 4.23. The predicted octanol–water partition coefficient (Wildman–Crippen LogP) is 1.34. The molecule has 1 heterocycles. The van der Waals surface area contributed by atoms with E-state index in [0.717, 1.165) is 12.5 Å². The summed E-state index contributed by atoms with van der Waals surface area (Å²) in [6.07, 6.45) is 4.22. The first-order chi connectivity index (χ1) is 4.45. The topological polar surface area (TPSA) is 21.3 Å². The van der Waals surface area contributed by atoms with Gasteiger partial charge in [0, 0.05) is 6.04 Å². The largest absolute Gasteiger partial charge is 0.300 e. The van der Waals surface area contributed by atoms with Gasteiger partial charge in [0.1, 0.15) is 0 Å². The fourth-order valence-electron chi connectivity index (χ4n) is 1.12. The van der Waals surface area contributed by atoms with Crippen LogP contribution in [0.3, 0.4) is 0 Å². The van der Waals surface area contributed by atoms with Crippen LogP contribution in [0.25, 0.3) is 0 Å². The molecule has 1 aliphatic heterocycles. The van der Waals surface area contributed by atoms with E-state index in [4.69, 9.17) is 4.18 Å². The van der Waals surface area contributed by atoms with E-state index in [1.165, 1.54) is 31.5 Å². The zero-order valence-corrected chi connectivity index (χ0v) is 6.12. The molecule has 1 N–H and O–H groups in total. The van der Waals surface area contributed by atoms with Gasteiger partial charge in [0.15, 0.2) is 0 Å². The van der Waals surface area contributed by atoms with Crippen LogP contribution in [0.4, 0.5) is 0 Å². The summed E-state index contributed by atoms with van der Waals surface area (Å²) in [6.45, 7) is 0.904. The molecule has 2 aliphatic rings. The Morgan fingerprint density at radius 1 is 1.56 bits per heavy atom. The van der Waals surface area contributed by atoms with Gasteiger partial charge in [-0.15, -0.1) is 0 Å². The van der Waals surface area contributed by atoms with Gasteiger partial charge in [-0.1, -0.05) is 12.8 Å². The Morgan fingerprint density at radius 2 is 2.44 bits per heavy atom. The van der Waals surface area contributed by atoms with Crippen molar-refractivity contribution in [2.45, 2.75) is 25.3 Å². The smallest absolute Gasteiger partial charge is 0.0793 e. The van der Waals surface area contributed by atoms with E-state index in [-0.39, 0.29) is 0 Å². The third kappa shape index (κ3) is 1.60. The number of rotatable bonds is 2. The molecule has 9 heavy (non-hydrogen) atoms. The molecule has 0 aromatic carbocycles. The van der Waals surface area contributed by atoms with Crippen LogP contribution in [0.2, 0.25) is 0 Å². The Hall–Kier alpha value is 0.270. The molecule has 0 aromatic rings. The van der Waals surface area contributed by atoms with Gasteiger partial charge < -0.3 is 0 Å². The summed E-state index contributed by atoms with van der Waals surface area (Å²) in [5, 5.41) is 0. The van der Waals surface area contributed by atoms with E-state index in [1.54, 1.807) is 0 Å². The summed E-state index contributed by atoms with van der Waals surface area (Å²) in [7, 11) is 0. The number of hydrogen-bond donors (Lipinski definition) is 1. The van der Waals surface area contributed by atoms with Gasteiger partial charge in [0.2, 0.25) is 0 Å². The fourth-order valence-corrected chi connectivity index (χ4v) is 1.73. The van der Waals surface area contributed by atoms with Gasteiger partial charge in [0.05, 0.1) is 18.8 Å². The van der Waals surface area contributed by atoms with Crippen molar-refractivity contribution in [2.24, 2.45) is 5.92 Å². The summed E-state index contributed by atoms with van der Waals surface area (Å²) in [5.41, 5.74) is 0. The predicted molar refractivity (Wildman–Crippen MR) is 37.8 cm³/mol. The second-order valence-corrected chi connectivity index (χ2v) is 3.50. The van der Waals surface area contributed by atoms with Gasteiger partial charge in [-0.3, -0.25) is 4.18 Å². The maximum Gasteiger partial charge on any atom is 0.0793 e. The van der Waals surface area contributed by atoms with Crippen LogP contribution >= 0.6 is 12.2 Å². The molecule has 2 nitrogen and oxygen atoms in total. The second kappa shape index (κ2) is 2.48. The highest BCUT2D eigenvalue weighted by atomic mass is 32.2. The minimum atomic E-state index is 0.641. The highest BCUT2D eigenvalue weighted by molar-refractivity contribution is 7.92. The first-order valence-electron chi connectivity index (χ1n) is 3.49. The van der Waals surface area contributed by atoms with Gasteiger partial charge in [-0.2, -0.15) is 0 Å². The lowest BCUT2D eigenvalue weighted by molar-refractivity contribution is 0.354. The average Bonchev–Trinajstić information content (AvgIpc) is 2.46. The third-order valence-corrected chi connectivity index (χ3v) is 2.54. The Morgan fingerprint density at radius 3 is 3.00 bits per heavy atom. The molecule has 1 aliphatic carbocycles. The third-order valence-electron chi connectivity index (χ3n) is 1.86. The summed E-state index contributed by atoms with van der Waals surface area (Å²) in [4.78, 5) is 0. The van der Waals surface area contributed by atoms with E-state index in [0.29, 0.717) is 6.04 Å². The van der Waals surface area contributed by atoms with E-state index in [1.807, 2.05) is 0 Å². The zero-order chi connectivity index (χ0) is 6.10. The van der Waals surface area contributed by atoms with E-state index >= 15 is 0 Å². The summed E-state index contributed by atoms with van der Waals surface area (Å²) in [6, 6.07) is 0.641. The van der Waals surface area contributed by atoms with E-state index in [9.17, 15) is 0 Å². The lowest BCUT2D eigenvalue weighted by atomic mass is 10.2. The molecule has 1 atom stereocenters. The Labute approximate surface area is 59.7 Å². The highest BCUT2D eigenvalue weighted by Gasteiger charge is 2.27. The van der Waals surface area contributed by atoms with Crippen LogP contribution in [0, 0.1) is 5.92 Å². The summed E-state index contributed by atoms with van der Waals surface area (Å²) < 4.78 is 8.31. The Kier molecular flexibility index (Phi) is 1.66. The molecule has 1 unspecified atom stereocenters. The van der Waals surface area contributed by atoms with Crippen molar-refractivity contribution in [1.82, 2.24) is 4.72 Å². The molecule has 2 rings (SSSR count). The van der Waals surface area contributed by atoms with Crippen molar-refractivity contribution in [3.63, 3.8) is 0 Å². The minimum absolute atomic E-state index is 0.641. The lowest BCUT2D eigenvalue weighted by Crippen LogP contribution is -2.20. The SMILES string of the molecule is C1CC1CC1COSN1. The average molecular weight is 145 g/mol. The molecule has 0 bridgehead atoms. The van der Waals surface area contributed by atoms with Gasteiger partial charge in [-0.05, 0) is 12.3 Å². The van der Waals surface area contributed by atoms with Crippen LogP contribution in [0.5, 0.6) is 0 Å². The van der Waals surface area contributed by atoms with Gasteiger partial charge in [-0.25, -0.2) is 4.72 Å². The molecular weight excluding hydrogens is 134 g/mol.